The normalized spacial score (nSPS) is 21.9. The van der Waals surface area contributed by atoms with Gasteiger partial charge in [-0.25, -0.2) is 0 Å². The largest absolute Gasteiger partial charge is 0.381 e. The molecule has 1 aromatic heterocycles. The average molecular weight is 368 g/mol. The van der Waals surface area contributed by atoms with Gasteiger partial charge in [-0.2, -0.15) is 5.10 Å². The summed E-state index contributed by atoms with van der Waals surface area (Å²) in [5.41, 5.74) is 3.08. The number of carbonyl (C=O) groups excluding carboxylic acids is 1. The molecule has 2 N–H and O–H groups in total. The SMILES string of the molecule is O=C(NCc1cn[nH]c1-c1ccccc1)C1CCCN(C2CCOCC2)C1. The Labute approximate surface area is 160 Å². The highest BCUT2D eigenvalue weighted by Gasteiger charge is 2.30. The summed E-state index contributed by atoms with van der Waals surface area (Å²) in [6.07, 6.45) is 6.05. The van der Waals surface area contributed by atoms with Crippen molar-refractivity contribution in [1.82, 2.24) is 20.4 Å². The van der Waals surface area contributed by atoms with Crippen LogP contribution in [0.3, 0.4) is 0 Å². The average Bonchev–Trinajstić information content (AvgIpc) is 3.22. The quantitative estimate of drug-likeness (QED) is 0.851. The van der Waals surface area contributed by atoms with Crippen molar-refractivity contribution in [1.29, 1.82) is 0 Å². The number of nitrogens with one attached hydrogen (secondary N) is 2. The van der Waals surface area contributed by atoms with Crippen molar-refractivity contribution in [2.24, 2.45) is 5.92 Å². The highest BCUT2D eigenvalue weighted by molar-refractivity contribution is 5.79. The molecule has 2 fully saturated rings. The number of aromatic amines is 1. The van der Waals surface area contributed by atoms with E-state index < -0.39 is 0 Å². The minimum atomic E-state index is 0.0775. The Hall–Kier alpha value is -2.18. The summed E-state index contributed by atoms with van der Waals surface area (Å²) in [6.45, 7) is 4.18. The maximum atomic E-state index is 12.8. The number of rotatable bonds is 5. The fourth-order valence-electron chi connectivity index (χ4n) is 4.23. The number of ether oxygens (including phenoxy) is 1. The van der Waals surface area contributed by atoms with Crippen LogP contribution in [0.5, 0.6) is 0 Å². The van der Waals surface area contributed by atoms with Crippen LogP contribution in [0, 0.1) is 5.92 Å². The molecule has 0 spiro atoms. The Morgan fingerprint density at radius 1 is 1.22 bits per heavy atom. The van der Waals surface area contributed by atoms with E-state index in [0.717, 1.165) is 68.8 Å². The summed E-state index contributed by atoms with van der Waals surface area (Å²) < 4.78 is 5.48. The molecule has 0 bridgehead atoms. The van der Waals surface area contributed by atoms with Crippen molar-refractivity contribution in [3.63, 3.8) is 0 Å². The third-order valence-electron chi connectivity index (χ3n) is 5.76. The number of aromatic nitrogens is 2. The van der Waals surface area contributed by atoms with Crippen LogP contribution >= 0.6 is 0 Å². The predicted octanol–water partition coefficient (Wildman–Crippen LogP) is 2.58. The van der Waals surface area contributed by atoms with Crippen molar-refractivity contribution in [3.05, 3.63) is 42.1 Å². The summed E-state index contributed by atoms with van der Waals surface area (Å²) in [5.74, 6) is 0.237. The van der Waals surface area contributed by atoms with Gasteiger partial charge in [0.2, 0.25) is 5.91 Å². The molecule has 1 atom stereocenters. The molecule has 0 radical (unpaired) electrons. The Balaban J connectivity index is 1.34. The van der Waals surface area contributed by atoms with E-state index in [1.54, 1.807) is 6.20 Å². The Morgan fingerprint density at radius 2 is 2.04 bits per heavy atom. The molecule has 6 heteroatoms. The maximum absolute atomic E-state index is 12.8. The van der Waals surface area contributed by atoms with Crippen molar-refractivity contribution < 1.29 is 9.53 Å². The number of hydrogen-bond donors (Lipinski definition) is 2. The molecule has 2 aliphatic rings. The van der Waals surface area contributed by atoms with Gasteiger partial charge < -0.3 is 10.1 Å². The van der Waals surface area contributed by atoms with E-state index in [2.05, 4.69) is 20.4 Å². The predicted molar refractivity (Wildman–Crippen MR) is 104 cm³/mol. The van der Waals surface area contributed by atoms with Crippen LogP contribution in [0.2, 0.25) is 0 Å². The molecule has 27 heavy (non-hydrogen) atoms. The number of carbonyl (C=O) groups is 1. The maximum Gasteiger partial charge on any atom is 0.224 e. The van der Waals surface area contributed by atoms with E-state index in [1.165, 1.54) is 0 Å². The lowest BCUT2D eigenvalue weighted by Crippen LogP contribution is -2.48. The molecule has 2 saturated heterocycles. The second-order valence-electron chi connectivity index (χ2n) is 7.53. The zero-order valence-corrected chi connectivity index (χ0v) is 15.7. The van der Waals surface area contributed by atoms with E-state index in [-0.39, 0.29) is 11.8 Å². The number of amides is 1. The van der Waals surface area contributed by atoms with Crippen LogP contribution in [-0.2, 0) is 16.1 Å². The van der Waals surface area contributed by atoms with Crippen LogP contribution in [0.15, 0.2) is 36.5 Å². The highest BCUT2D eigenvalue weighted by atomic mass is 16.5. The fourth-order valence-corrected chi connectivity index (χ4v) is 4.23. The Kier molecular flexibility index (Phi) is 5.84. The van der Waals surface area contributed by atoms with Crippen LogP contribution < -0.4 is 5.32 Å². The van der Waals surface area contributed by atoms with Gasteiger partial charge in [0.1, 0.15) is 0 Å². The monoisotopic (exact) mass is 368 g/mol. The van der Waals surface area contributed by atoms with Crippen LogP contribution in [-0.4, -0.2) is 53.3 Å². The lowest BCUT2D eigenvalue weighted by atomic mass is 9.94. The number of likely N-dealkylation sites (tertiary alicyclic amines) is 1. The van der Waals surface area contributed by atoms with Gasteiger partial charge in [-0.3, -0.25) is 14.8 Å². The van der Waals surface area contributed by atoms with Crippen LogP contribution in [0.1, 0.15) is 31.2 Å². The van der Waals surface area contributed by atoms with Crippen LogP contribution in [0.25, 0.3) is 11.3 Å². The molecule has 0 saturated carbocycles. The first-order valence-electron chi connectivity index (χ1n) is 9.98. The summed E-state index contributed by atoms with van der Waals surface area (Å²) in [5, 5.41) is 10.4. The first kappa shape index (κ1) is 18.2. The molecule has 2 aliphatic heterocycles. The summed E-state index contributed by atoms with van der Waals surface area (Å²) >= 11 is 0. The minimum Gasteiger partial charge on any atom is -0.381 e. The molecular formula is C21H28N4O2. The number of hydrogen-bond acceptors (Lipinski definition) is 4. The molecule has 0 aliphatic carbocycles. The topological polar surface area (TPSA) is 70.2 Å². The molecule has 6 nitrogen and oxygen atoms in total. The van der Waals surface area contributed by atoms with Gasteiger partial charge in [-0.05, 0) is 37.8 Å². The highest BCUT2D eigenvalue weighted by Crippen LogP contribution is 2.24. The zero-order valence-electron chi connectivity index (χ0n) is 15.7. The fraction of sp³-hybridized carbons (Fsp3) is 0.524. The van der Waals surface area contributed by atoms with Crippen molar-refractivity contribution >= 4 is 5.91 Å². The van der Waals surface area contributed by atoms with Crippen molar-refractivity contribution in [2.45, 2.75) is 38.3 Å². The first-order valence-corrected chi connectivity index (χ1v) is 9.98. The summed E-state index contributed by atoms with van der Waals surface area (Å²) in [6, 6.07) is 10.7. The summed E-state index contributed by atoms with van der Waals surface area (Å²) in [7, 11) is 0. The molecule has 1 amide bonds. The van der Waals surface area contributed by atoms with E-state index in [1.807, 2.05) is 30.3 Å². The lowest BCUT2D eigenvalue weighted by molar-refractivity contribution is -0.127. The standard InChI is InChI=1S/C21H28N4O2/c26-21(17-7-4-10-25(15-17)19-8-11-27-12-9-19)22-13-18-14-23-24-20(18)16-5-2-1-3-6-16/h1-3,5-6,14,17,19H,4,7-13,15H2,(H,22,26)(H,23,24). The van der Waals surface area contributed by atoms with Gasteiger partial charge in [0.05, 0.1) is 17.8 Å². The van der Waals surface area contributed by atoms with E-state index in [0.29, 0.717) is 12.6 Å². The second kappa shape index (κ2) is 8.67. The van der Waals surface area contributed by atoms with Crippen LogP contribution in [0.4, 0.5) is 0 Å². The minimum absolute atomic E-state index is 0.0775. The molecule has 1 unspecified atom stereocenters. The number of piperidine rings is 1. The first-order chi connectivity index (χ1) is 13.3. The van der Waals surface area contributed by atoms with Gasteiger partial charge in [0, 0.05) is 37.9 Å². The van der Waals surface area contributed by atoms with Gasteiger partial charge in [-0.1, -0.05) is 30.3 Å². The van der Waals surface area contributed by atoms with E-state index in [9.17, 15) is 4.79 Å². The number of nitrogens with zero attached hydrogens (tertiary/aromatic N) is 2. The molecule has 1 aromatic carbocycles. The zero-order chi connectivity index (χ0) is 18.5. The van der Waals surface area contributed by atoms with Gasteiger partial charge in [0.15, 0.2) is 0 Å². The van der Waals surface area contributed by atoms with Gasteiger partial charge >= 0.3 is 0 Å². The Morgan fingerprint density at radius 3 is 2.85 bits per heavy atom. The van der Waals surface area contributed by atoms with Crippen molar-refractivity contribution in [3.8, 4) is 11.3 Å². The molecule has 3 heterocycles. The number of H-pyrrole nitrogens is 1. The molecule has 2 aromatic rings. The van der Waals surface area contributed by atoms with E-state index >= 15 is 0 Å². The third kappa shape index (κ3) is 4.39. The van der Waals surface area contributed by atoms with Gasteiger partial charge in [0.25, 0.3) is 0 Å². The Bertz CT molecular complexity index is 740. The van der Waals surface area contributed by atoms with E-state index in [4.69, 9.17) is 4.74 Å². The van der Waals surface area contributed by atoms with Crippen molar-refractivity contribution in [2.75, 3.05) is 26.3 Å². The summed E-state index contributed by atoms with van der Waals surface area (Å²) in [4.78, 5) is 15.3. The smallest absolute Gasteiger partial charge is 0.224 e. The molecule has 4 rings (SSSR count). The lowest BCUT2D eigenvalue weighted by Gasteiger charge is -2.39. The molecular weight excluding hydrogens is 340 g/mol. The molecule has 144 valence electrons. The third-order valence-corrected chi connectivity index (χ3v) is 5.76. The number of benzene rings is 1. The van der Waals surface area contributed by atoms with Gasteiger partial charge in [-0.15, -0.1) is 0 Å². The second-order valence-corrected chi connectivity index (χ2v) is 7.53.